The molecular formula is C20H17F2N3O3. The van der Waals surface area contributed by atoms with Gasteiger partial charge < -0.3 is 10.2 Å². The normalized spacial score (nSPS) is 21.1. The minimum absolute atomic E-state index is 0.285. The Balaban J connectivity index is 1.58. The predicted octanol–water partition coefficient (Wildman–Crippen LogP) is 2.32. The van der Waals surface area contributed by atoms with E-state index in [2.05, 4.69) is 5.32 Å². The third kappa shape index (κ3) is 2.72. The molecular weight excluding hydrogens is 368 g/mol. The van der Waals surface area contributed by atoms with Crippen molar-refractivity contribution in [1.29, 1.82) is 0 Å². The molecule has 4 rings (SSSR count). The Kier molecular flexibility index (Phi) is 4.14. The van der Waals surface area contributed by atoms with E-state index in [9.17, 15) is 23.2 Å². The van der Waals surface area contributed by atoms with Crippen molar-refractivity contribution in [3.8, 4) is 0 Å². The number of benzene rings is 2. The van der Waals surface area contributed by atoms with E-state index < -0.39 is 41.6 Å². The molecule has 0 saturated carbocycles. The second-order valence-corrected chi connectivity index (χ2v) is 6.99. The lowest BCUT2D eigenvalue weighted by atomic mass is 9.91. The molecule has 4 amide bonds. The minimum Gasteiger partial charge on any atom is -0.319 e. The molecule has 2 aromatic carbocycles. The van der Waals surface area contributed by atoms with Gasteiger partial charge in [0, 0.05) is 17.8 Å². The number of fused-ring (bicyclic) bond motifs is 1. The summed E-state index contributed by atoms with van der Waals surface area (Å²) < 4.78 is 27.8. The van der Waals surface area contributed by atoms with Crippen LogP contribution in [0.15, 0.2) is 42.5 Å². The van der Waals surface area contributed by atoms with Crippen molar-refractivity contribution in [2.75, 3.05) is 18.0 Å². The number of amides is 4. The van der Waals surface area contributed by atoms with Crippen LogP contribution in [0.3, 0.4) is 0 Å². The minimum atomic E-state index is -1.79. The quantitative estimate of drug-likeness (QED) is 0.825. The average molecular weight is 385 g/mol. The predicted molar refractivity (Wildman–Crippen MR) is 96.5 cm³/mol. The third-order valence-electron chi connectivity index (χ3n) is 5.22. The van der Waals surface area contributed by atoms with Crippen LogP contribution >= 0.6 is 0 Å². The Hall–Kier alpha value is -3.29. The number of imide groups is 1. The lowest BCUT2D eigenvalue weighted by Crippen LogP contribution is -2.44. The highest BCUT2D eigenvalue weighted by atomic mass is 19.1. The van der Waals surface area contributed by atoms with Gasteiger partial charge in [-0.15, -0.1) is 0 Å². The number of halogens is 2. The van der Waals surface area contributed by atoms with E-state index in [1.807, 2.05) is 18.2 Å². The molecule has 0 aliphatic carbocycles. The van der Waals surface area contributed by atoms with Crippen molar-refractivity contribution in [3.05, 3.63) is 65.2 Å². The number of nitrogens with zero attached hydrogens (tertiary/aromatic N) is 2. The van der Waals surface area contributed by atoms with Gasteiger partial charge in [0.2, 0.25) is 5.91 Å². The zero-order valence-electron chi connectivity index (χ0n) is 15.0. The second kappa shape index (κ2) is 6.40. The third-order valence-corrected chi connectivity index (χ3v) is 5.22. The molecule has 0 bridgehead atoms. The van der Waals surface area contributed by atoms with Crippen LogP contribution in [0.25, 0.3) is 0 Å². The van der Waals surface area contributed by atoms with Gasteiger partial charge in [0.05, 0.1) is 0 Å². The summed E-state index contributed by atoms with van der Waals surface area (Å²) in [5, 5.41) is 2.39. The maximum Gasteiger partial charge on any atom is 0.325 e. The van der Waals surface area contributed by atoms with Crippen LogP contribution in [0, 0.1) is 11.6 Å². The molecule has 0 spiro atoms. The first-order valence-corrected chi connectivity index (χ1v) is 8.79. The molecule has 1 saturated heterocycles. The summed E-state index contributed by atoms with van der Waals surface area (Å²) in [5.41, 5.74) is -0.308. The topological polar surface area (TPSA) is 69.7 Å². The Morgan fingerprint density at radius 3 is 2.71 bits per heavy atom. The number of urea groups is 1. The lowest BCUT2D eigenvalue weighted by molar-refractivity contribution is -0.134. The zero-order valence-corrected chi connectivity index (χ0v) is 15.0. The lowest BCUT2D eigenvalue weighted by Gasteiger charge is -2.23. The highest BCUT2D eigenvalue weighted by Gasteiger charge is 2.51. The van der Waals surface area contributed by atoms with E-state index in [1.54, 1.807) is 6.07 Å². The van der Waals surface area contributed by atoms with Crippen LogP contribution in [-0.2, 0) is 21.5 Å². The Morgan fingerprint density at radius 2 is 1.93 bits per heavy atom. The number of anilines is 1. The fraction of sp³-hybridized carbons (Fsp3) is 0.250. The summed E-state index contributed by atoms with van der Waals surface area (Å²) >= 11 is 0. The van der Waals surface area contributed by atoms with E-state index in [1.165, 1.54) is 11.8 Å². The highest BCUT2D eigenvalue weighted by Crippen LogP contribution is 2.32. The number of carbonyl (C=O) groups excluding carboxylic acids is 3. The SMILES string of the molecule is C[C@@]1(c2cc(F)ccc2F)NC(=O)N(CC(=O)N2CCc3ccccc32)C1=O. The molecule has 0 radical (unpaired) electrons. The van der Waals surface area contributed by atoms with Gasteiger partial charge in [0.25, 0.3) is 5.91 Å². The van der Waals surface area contributed by atoms with Gasteiger partial charge >= 0.3 is 6.03 Å². The standard InChI is InChI=1S/C20H17F2N3O3/c1-20(14-10-13(21)6-7-15(14)22)18(27)25(19(28)23-20)11-17(26)24-9-8-12-4-2-3-5-16(12)24/h2-7,10H,8-9,11H2,1H3,(H,23,28)/t20-/m0/s1. The molecule has 28 heavy (non-hydrogen) atoms. The van der Waals surface area contributed by atoms with Crippen LogP contribution in [0.4, 0.5) is 19.3 Å². The van der Waals surface area contributed by atoms with Gasteiger partial charge in [-0.1, -0.05) is 18.2 Å². The first kappa shape index (κ1) is 18.1. The molecule has 2 heterocycles. The number of hydrogen-bond acceptors (Lipinski definition) is 3. The Labute approximate surface area is 159 Å². The van der Waals surface area contributed by atoms with Crippen LogP contribution < -0.4 is 10.2 Å². The highest BCUT2D eigenvalue weighted by molar-refractivity contribution is 6.10. The van der Waals surface area contributed by atoms with Crippen molar-refractivity contribution >= 4 is 23.5 Å². The molecule has 1 N–H and O–H groups in total. The summed E-state index contributed by atoms with van der Waals surface area (Å²) in [4.78, 5) is 40.3. The van der Waals surface area contributed by atoms with E-state index >= 15 is 0 Å². The van der Waals surface area contributed by atoms with E-state index in [0.29, 0.717) is 13.0 Å². The van der Waals surface area contributed by atoms with Crippen LogP contribution in [0.5, 0.6) is 0 Å². The number of hydrogen-bond donors (Lipinski definition) is 1. The second-order valence-electron chi connectivity index (χ2n) is 6.99. The molecule has 2 aromatic rings. The average Bonchev–Trinajstić information content (AvgIpc) is 3.19. The van der Waals surface area contributed by atoms with Gasteiger partial charge in [-0.25, -0.2) is 13.6 Å². The van der Waals surface area contributed by atoms with Gasteiger partial charge in [-0.2, -0.15) is 0 Å². The monoisotopic (exact) mass is 385 g/mol. The molecule has 8 heteroatoms. The first-order chi connectivity index (χ1) is 13.3. The molecule has 144 valence electrons. The smallest absolute Gasteiger partial charge is 0.319 e. The van der Waals surface area contributed by atoms with Crippen molar-refractivity contribution in [2.24, 2.45) is 0 Å². The maximum atomic E-state index is 14.2. The molecule has 2 aliphatic rings. The summed E-state index contributed by atoms with van der Waals surface area (Å²) in [6.45, 7) is 1.27. The number of carbonyl (C=O) groups is 3. The van der Waals surface area contributed by atoms with Gasteiger partial charge in [-0.3, -0.25) is 14.5 Å². The number of para-hydroxylation sites is 1. The largest absolute Gasteiger partial charge is 0.325 e. The summed E-state index contributed by atoms with van der Waals surface area (Å²) in [6, 6.07) is 9.27. The summed E-state index contributed by atoms with van der Waals surface area (Å²) in [6.07, 6.45) is 0.689. The van der Waals surface area contributed by atoms with Crippen LogP contribution in [-0.4, -0.2) is 35.8 Å². The molecule has 0 aromatic heterocycles. The van der Waals surface area contributed by atoms with Crippen molar-refractivity contribution in [1.82, 2.24) is 10.2 Å². The first-order valence-electron chi connectivity index (χ1n) is 8.79. The molecule has 1 atom stereocenters. The van der Waals surface area contributed by atoms with Crippen LogP contribution in [0.1, 0.15) is 18.1 Å². The van der Waals surface area contributed by atoms with Gasteiger partial charge in [0.15, 0.2) is 0 Å². The van der Waals surface area contributed by atoms with Gasteiger partial charge in [0.1, 0.15) is 23.7 Å². The summed E-state index contributed by atoms with van der Waals surface area (Å²) in [5.74, 6) is -2.78. The maximum absolute atomic E-state index is 14.2. The molecule has 1 fully saturated rings. The fourth-order valence-corrected chi connectivity index (χ4v) is 3.72. The van der Waals surface area contributed by atoms with E-state index in [-0.39, 0.29) is 5.56 Å². The van der Waals surface area contributed by atoms with Gasteiger partial charge in [-0.05, 0) is 43.2 Å². The summed E-state index contributed by atoms with van der Waals surface area (Å²) in [7, 11) is 0. The van der Waals surface area contributed by atoms with Crippen molar-refractivity contribution in [3.63, 3.8) is 0 Å². The van der Waals surface area contributed by atoms with Crippen molar-refractivity contribution < 1.29 is 23.2 Å². The Morgan fingerprint density at radius 1 is 1.18 bits per heavy atom. The number of rotatable bonds is 3. The number of nitrogens with one attached hydrogen (secondary N) is 1. The molecule has 6 nitrogen and oxygen atoms in total. The van der Waals surface area contributed by atoms with E-state index in [0.717, 1.165) is 34.3 Å². The fourth-order valence-electron chi connectivity index (χ4n) is 3.72. The van der Waals surface area contributed by atoms with Crippen LogP contribution in [0.2, 0.25) is 0 Å². The van der Waals surface area contributed by atoms with Crippen molar-refractivity contribution in [2.45, 2.75) is 18.9 Å². The molecule has 0 unspecified atom stereocenters. The molecule has 2 aliphatic heterocycles. The van der Waals surface area contributed by atoms with E-state index in [4.69, 9.17) is 0 Å². The zero-order chi connectivity index (χ0) is 20.1. The Bertz CT molecular complexity index is 1010.